The van der Waals surface area contributed by atoms with E-state index in [1.54, 1.807) is 37.4 Å². The fourth-order valence-electron chi connectivity index (χ4n) is 5.17. The number of nitrogens with zero attached hydrogens (tertiary/aromatic N) is 2. The lowest BCUT2D eigenvalue weighted by molar-refractivity contribution is -0.135. The van der Waals surface area contributed by atoms with Gasteiger partial charge in [0.05, 0.1) is 24.2 Å². The number of carbonyl (C=O) groups excluding carboxylic acids is 3. The minimum absolute atomic E-state index is 0.124. The molecule has 0 bridgehead atoms. The fourth-order valence-corrected chi connectivity index (χ4v) is 6.07. The standard InChI is InChI=1S/C33H48N4O5S/c1-23(2)20-26(34)30(39)37(32(41)36-16-18-43-19-17-36)28(22-25-14-10-7-11-15-25)29(38)27(21-24-12-8-6-9-13-24)35-31(40)42-33(3,4)5/h6-15,23,26-29,38H,16-22,34H2,1-5H3,(H,35,40)/t26-,27?,28?,29?/m0/s1. The second-order valence-corrected chi connectivity index (χ2v) is 13.7. The molecule has 2 aromatic carbocycles. The quantitative estimate of drug-likeness (QED) is 0.342. The summed E-state index contributed by atoms with van der Waals surface area (Å²) in [5.74, 6) is 1.11. The molecular weight excluding hydrogens is 564 g/mol. The lowest BCUT2D eigenvalue weighted by atomic mass is 9.90. The molecule has 1 saturated heterocycles. The summed E-state index contributed by atoms with van der Waals surface area (Å²) in [6.45, 7) is 10.2. The smallest absolute Gasteiger partial charge is 0.407 e. The first-order valence-corrected chi connectivity index (χ1v) is 16.2. The molecule has 0 radical (unpaired) electrons. The number of hydrogen-bond acceptors (Lipinski definition) is 7. The highest BCUT2D eigenvalue weighted by molar-refractivity contribution is 7.99. The van der Waals surface area contributed by atoms with E-state index < -0.39 is 47.9 Å². The Morgan fingerprint density at radius 2 is 1.51 bits per heavy atom. The topological polar surface area (TPSA) is 125 Å². The van der Waals surface area contributed by atoms with Gasteiger partial charge in [0.1, 0.15) is 5.60 Å². The van der Waals surface area contributed by atoms with E-state index in [4.69, 9.17) is 10.5 Å². The SMILES string of the molecule is CC(C)C[C@H](N)C(=O)N(C(=O)N1CCSCC1)C(Cc1ccccc1)C(O)C(Cc1ccccc1)NC(=O)OC(C)(C)C. The van der Waals surface area contributed by atoms with E-state index in [0.717, 1.165) is 22.6 Å². The van der Waals surface area contributed by atoms with Crippen LogP contribution in [-0.2, 0) is 22.4 Å². The Balaban J connectivity index is 2.08. The van der Waals surface area contributed by atoms with Gasteiger partial charge in [0, 0.05) is 24.6 Å². The summed E-state index contributed by atoms with van der Waals surface area (Å²) in [5, 5.41) is 15.0. The molecule has 4 amide bonds. The van der Waals surface area contributed by atoms with Gasteiger partial charge in [0.25, 0.3) is 0 Å². The lowest BCUT2D eigenvalue weighted by Gasteiger charge is -2.41. The number of imide groups is 1. The third-order valence-corrected chi connectivity index (χ3v) is 8.14. The average molecular weight is 613 g/mol. The van der Waals surface area contributed by atoms with Gasteiger partial charge in [-0.3, -0.25) is 9.69 Å². The zero-order chi connectivity index (χ0) is 31.6. The van der Waals surface area contributed by atoms with Crippen molar-refractivity contribution in [2.75, 3.05) is 24.6 Å². The summed E-state index contributed by atoms with van der Waals surface area (Å²) in [5.41, 5.74) is 7.37. The van der Waals surface area contributed by atoms with Gasteiger partial charge in [0.15, 0.2) is 0 Å². The minimum Gasteiger partial charge on any atom is -0.444 e. The number of alkyl carbamates (subject to hydrolysis) is 1. The zero-order valence-corrected chi connectivity index (χ0v) is 26.9. The molecule has 4 atom stereocenters. The van der Waals surface area contributed by atoms with Crippen molar-refractivity contribution >= 4 is 29.8 Å². The Morgan fingerprint density at radius 3 is 2.02 bits per heavy atom. The summed E-state index contributed by atoms with van der Waals surface area (Å²) in [4.78, 5) is 44.2. The normalized spacial score (nSPS) is 16.6. The summed E-state index contributed by atoms with van der Waals surface area (Å²) in [6, 6.07) is 15.6. The Bertz CT molecular complexity index is 1170. The van der Waals surface area contributed by atoms with Gasteiger partial charge in [-0.1, -0.05) is 74.5 Å². The number of rotatable bonds is 11. The number of thioether (sulfide) groups is 1. The van der Waals surface area contributed by atoms with Crippen LogP contribution in [0, 0.1) is 5.92 Å². The van der Waals surface area contributed by atoms with Crippen molar-refractivity contribution in [3.8, 4) is 0 Å². The molecule has 10 heteroatoms. The molecule has 0 saturated carbocycles. The van der Waals surface area contributed by atoms with Crippen LogP contribution in [0.3, 0.4) is 0 Å². The van der Waals surface area contributed by atoms with Crippen molar-refractivity contribution in [3.63, 3.8) is 0 Å². The number of benzene rings is 2. The molecule has 2 aromatic rings. The molecular formula is C33H48N4O5S. The average Bonchev–Trinajstić information content (AvgIpc) is 2.96. The van der Waals surface area contributed by atoms with Crippen LogP contribution in [-0.4, -0.2) is 87.4 Å². The Kier molecular flexibility index (Phi) is 12.9. The maximum atomic E-state index is 14.2. The highest BCUT2D eigenvalue weighted by Gasteiger charge is 2.42. The molecule has 0 aromatic heterocycles. The van der Waals surface area contributed by atoms with E-state index in [1.807, 2.05) is 74.5 Å². The van der Waals surface area contributed by atoms with Crippen LogP contribution < -0.4 is 11.1 Å². The highest BCUT2D eigenvalue weighted by atomic mass is 32.2. The number of ether oxygens (including phenoxy) is 1. The zero-order valence-electron chi connectivity index (χ0n) is 26.1. The third kappa shape index (κ3) is 10.9. The fraction of sp³-hybridized carbons (Fsp3) is 0.545. The molecule has 9 nitrogen and oxygen atoms in total. The summed E-state index contributed by atoms with van der Waals surface area (Å²) in [7, 11) is 0. The van der Waals surface area contributed by atoms with Crippen LogP contribution in [0.1, 0.15) is 52.2 Å². The van der Waals surface area contributed by atoms with Gasteiger partial charge in [-0.05, 0) is 57.1 Å². The number of nitrogens with one attached hydrogen (secondary N) is 1. The molecule has 43 heavy (non-hydrogen) atoms. The van der Waals surface area contributed by atoms with Crippen LogP contribution in [0.5, 0.6) is 0 Å². The number of nitrogens with two attached hydrogens (primary N) is 1. The van der Waals surface area contributed by atoms with Gasteiger partial charge in [-0.15, -0.1) is 0 Å². The van der Waals surface area contributed by atoms with Crippen LogP contribution in [0.4, 0.5) is 9.59 Å². The highest BCUT2D eigenvalue weighted by Crippen LogP contribution is 2.23. The second-order valence-electron chi connectivity index (χ2n) is 12.5. The third-order valence-electron chi connectivity index (χ3n) is 7.19. The van der Waals surface area contributed by atoms with Crippen molar-refractivity contribution in [1.82, 2.24) is 15.1 Å². The molecule has 0 spiro atoms. The number of amides is 4. The Labute approximate surface area is 260 Å². The molecule has 3 unspecified atom stereocenters. The monoisotopic (exact) mass is 612 g/mol. The van der Waals surface area contributed by atoms with Crippen LogP contribution in [0.2, 0.25) is 0 Å². The van der Waals surface area contributed by atoms with Crippen LogP contribution in [0.15, 0.2) is 60.7 Å². The van der Waals surface area contributed by atoms with Gasteiger partial charge in [0.2, 0.25) is 5.91 Å². The van der Waals surface area contributed by atoms with Gasteiger partial charge in [-0.25, -0.2) is 9.59 Å². The molecule has 236 valence electrons. The van der Waals surface area contributed by atoms with Crippen molar-refractivity contribution in [3.05, 3.63) is 71.8 Å². The summed E-state index contributed by atoms with van der Waals surface area (Å²) >= 11 is 1.75. The Hall–Kier alpha value is -3.08. The van der Waals surface area contributed by atoms with Crippen molar-refractivity contribution < 1.29 is 24.2 Å². The number of aliphatic hydroxyl groups is 1. The van der Waals surface area contributed by atoms with E-state index in [2.05, 4.69) is 5.32 Å². The van der Waals surface area contributed by atoms with Crippen molar-refractivity contribution in [2.24, 2.45) is 11.7 Å². The predicted molar refractivity (Wildman–Crippen MR) is 172 cm³/mol. The van der Waals surface area contributed by atoms with E-state index >= 15 is 0 Å². The second kappa shape index (κ2) is 16.1. The van der Waals surface area contributed by atoms with Crippen LogP contribution >= 0.6 is 11.8 Å². The predicted octanol–water partition coefficient (Wildman–Crippen LogP) is 4.47. The van der Waals surface area contributed by atoms with E-state index in [1.165, 1.54) is 4.90 Å². The first kappa shape index (κ1) is 34.4. The molecule has 1 fully saturated rings. The Morgan fingerprint density at radius 1 is 0.977 bits per heavy atom. The number of carbonyl (C=O) groups is 3. The van der Waals surface area contributed by atoms with E-state index in [-0.39, 0.29) is 18.8 Å². The molecule has 1 heterocycles. The maximum Gasteiger partial charge on any atom is 0.407 e. The van der Waals surface area contributed by atoms with E-state index in [0.29, 0.717) is 19.5 Å². The molecule has 0 aliphatic carbocycles. The number of aliphatic hydroxyl groups excluding tert-OH is 1. The van der Waals surface area contributed by atoms with Crippen LogP contribution in [0.25, 0.3) is 0 Å². The summed E-state index contributed by atoms with van der Waals surface area (Å²) < 4.78 is 5.55. The first-order chi connectivity index (χ1) is 20.4. The summed E-state index contributed by atoms with van der Waals surface area (Å²) in [6.07, 6.45) is -1.22. The first-order valence-electron chi connectivity index (χ1n) is 15.1. The maximum absolute atomic E-state index is 14.2. The molecule has 1 aliphatic rings. The number of hydrogen-bond donors (Lipinski definition) is 3. The molecule has 3 rings (SSSR count). The largest absolute Gasteiger partial charge is 0.444 e. The lowest BCUT2D eigenvalue weighted by Crippen LogP contribution is -2.63. The van der Waals surface area contributed by atoms with Crippen molar-refractivity contribution in [1.29, 1.82) is 0 Å². The molecule has 4 N–H and O–H groups in total. The van der Waals surface area contributed by atoms with Crippen molar-refractivity contribution in [2.45, 2.75) is 83.7 Å². The van der Waals surface area contributed by atoms with Gasteiger partial charge >= 0.3 is 12.1 Å². The van der Waals surface area contributed by atoms with Gasteiger partial charge < -0.3 is 25.8 Å². The molecule has 1 aliphatic heterocycles. The number of urea groups is 1. The minimum atomic E-state index is -1.34. The van der Waals surface area contributed by atoms with Gasteiger partial charge in [-0.2, -0.15) is 11.8 Å². The van der Waals surface area contributed by atoms with E-state index in [9.17, 15) is 19.5 Å².